The van der Waals surface area contributed by atoms with Crippen molar-refractivity contribution in [1.29, 1.82) is 0 Å². The zero-order valence-corrected chi connectivity index (χ0v) is 16.2. The number of fused-ring (bicyclic) bond motifs is 1. The molecule has 3 rings (SSSR count). The third-order valence-electron chi connectivity index (χ3n) is 4.44. The predicted molar refractivity (Wildman–Crippen MR) is 109 cm³/mol. The second kappa shape index (κ2) is 10.7. The molecule has 5 nitrogen and oxygen atoms in total. The number of anilines is 1. The molecule has 2 aromatic rings. The lowest BCUT2D eigenvalue weighted by Crippen LogP contribution is -2.28. The second-order valence-electron chi connectivity index (χ2n) is 6.71. The van der Waals surface area contributed by atoms with Gasteiger partial charge in [-0.3, -0.25) is 4.79 Å². The molecule has 1 atom stereocenters. The van der Waals surface area contributed by atoms with E-state index in [1.165, 1.54) is 16.7 Å². The number of benzene rings is 2. The van der Waals surface area contributed by atoms with Crippen LogP contribution in [0.4, 0.5) is 5.69 Å². The first-order valence-corrected chi connectivity index (χ1v) is 9.50. The third kappa shape index (κ3) is 6.38. The molecule has 1 aliphatic heterocycles. The molecule has 146 valence electrons. The first kappa shape index (κ1) is 20.9. The van der Waals surface area contributed by atoms with E-state index in [2.05, 4.69) is 54.0 Å². The van der Waals surface area contributed by atoms with Gasteiger partial charge in [0, 0.05) is 18.8 Å². The summed E-state index contributed by atoms with van der Waals surface area (Å²) in [5.41, 5.74) is 6.05. The standard InChI is InChI=1S/C20H24N2O2.C2H6O/c1-14-3-2-4-16(11-14)19-8-6-17-12-15(5-7-18(17)22-19)13-20(24)21-9-10-23;1-2-3/h2-5,7,11-12,19,22-23H,6,8-10,13H2,1H3,(H,21,24);3H,2H2,1H3/t19-;/m0./s1. The molecule has 0 spiro atoms. The molecule has 4 N–H and O–H groups in total. The van der Waals surface area contributed by atoms with E-state index < -0.39 is 0 Å². The molecule has 1 aliphatic rings. The van der Waals surface area contributed by atoms with Crippen LogP contribution in [0.2, 0.25) is 0 Å². The van der Waals surface area contributed by atoms with E-state index >= 15 is 0 Å². The Labute approximate surface area is 161 Å². The molecular formula is C22H30N2O3. The van der Waals surface area contributed by atoms with Crippen LogP contribution in [0.15, 0.2) is 42.5 Å². The van der Waals surface area contributed by atoms with Crippen LogP contribution in [0.5, 0.6) is 0 Å². The van der Waals surface area contributed by atoms with Crippen LogP contribution < -0.4 is 10.6 Å². The maximum absolute atomic E-state index is 11.8. The van der Waals surface area contributed by atoms with E-state index in [0.29, 0.717) is 19.0 Å². The van der Waals surface area contributed by atoms with Crippen LogP contribution in [-0.4, -0.2) is 35.9 Å². The van der Waals surface area contributed by atoms with Gasteiger partial charge in [0.25, 0.3) is 0 Å². The number of rotatable bonds is 5. The fourth-order valence-corrected chi connectivity index (χ4v) is 3.24. The van der Waals surface area contributed by atoms with E-state index in [9.17, 15) is 4.79 Å². The Bertz CT molecular complexity index is 746. The van der Waals surface area contributed by atoms with Gasteiger partial charge in [-0.2, -0.15) is 0 Å². The molecule has 0 radical (unpaired) electrons. The summed E-state index contributed by atoms with van der Waals surface area (Å²) in [6, 6.07) is 15.2. The van der Waals surface area contributed by atoms with E-state index in [-0.39, 0.29) is 19.1 Å². The summed E-state index contributed by atoms with van der Waals surface area (Å²) in [6.45, 7) is 4.33. The van der Waals surface area contributed by atoms with Gasteiger partial charge in [-0.25, -0.2) is 0 Å². The highest BCUT2D eigenvalue weighted by atomic mass is 16.3. The summed E-state index contributed by atoms with van der Waals surface area (Å²) in [6.07, 6.45) is 2.41. The highest BCUT2D eigenvalue weighted by molar-refractivity contribution is 5.78. The van der Waals surface area contributed by atoms with Gasteiger partial charge in [0.1, 0.15) is 0 Å². The molecule has 0 aromatic heterocycles. The summed E-state index contributed by atoms with van der Waals surface area (Å²) in [5, 5.41) is 22.6. The van der Waals surface area contributed by atoms with Crippen LogP contribution in [0.3, 0.4) is 0 Å². The van der Waals surface area contributed by atoms with Gasteiger partial charge in [-0.15, -0.1) is 0 Å². The Morgan fingerprint density at radius 3 is 2.70 bits per heavy atom. The van der Waals surface area contributed by atoms with Crippen molar-refractivity contribution in [1.82, 2.24) is 5.32 Å². The topological polar surface area (TPSA) is 81.6 Å². The first-order chi connectivity index (χ1) is 13.1. The Morgan fingerprint density at radius 1 is 1.22 bits per heavy atom. The van der Waals surface area contributed by atoms with Crippen molar-refractivity contribution < 1.29 is 15.0 Å². The van der Waals surface area contributed by atoms with Crippen LogP contribution in [0.1, 0.15) is 41.6 Å². The predicted octanol–water partition coefficient (Wildman–Crippen LogP) is 2.74. The smallest absolute Gasteiger partial charge is 0.224 e. The number of hydrogen-bond acceptors (Lipinski definition) is 4. The van der Waals surface area contributed by atoms with Gasteiger partial charge in [0.2, 0.25) is 5.91 Å². The molecule has 0 bridgehead atoms. The maximum atomic E-state index is 11.8. The Balaban J connectivity index is 0.000000817. The Morgan fingerprint density at radius 2 is 2.00 bits per heavy atom. The van der Waals surface area contributed by atoms with Crippen molar-refractivity contribution >= 4 is 11.6 Å². The van der Waals surface area contributed by atoms with Gasteiger partial charge < -0.3 is 20.8 Å². The molecule has 0 saturated carbocycles. The summed E-state index contributed by atoms with van der Waals surface area (Å²) in [7, 11) is 0. The second-order valence-corrected chi connectivity index (χ2v) is 6.71. The van der Waals surface area contributed by atoms with Crippen molar-refractivity contribution in [2.45, 2.75) is 39.2 Å². The summed E-state index contributed by atoms with van der Waals surface area (Å²) in [4.78, 5) is 11.8. The van der Waals surface area contributed by atoms with Crippen LogP contribution in [0, 0.1) is 6.92 Å². The number of hydrogen-bond donors (Lipinski definition) is 4. The third-order valence-corrected chi connectivity index (χ3v) is 4.44. The Kier molecular flexibility index (Phi) is 8.30. The summed E-state index contributed by atoms with van der Waals surface area (Å²) in [5.74, 6) is -0.0506. The van der Waals surface area contributed by atoms with Gasteiger partial charge in [0.15, 0.2) is 0 Å². The minimum atomic E-state index is -0.0506. The average molecular weight is 370 g/mol. The molecular weight excluding hydrogens is 340 g/mol. The van der Waals surface area contributed by atoms with E-state index in [4.69, 9.17) is 10.2 Å². The summed E-state index contributed by atoms with van der Waals surface area (Å²) < 4.78 is 0. The van der Waals surface area contributed by atoms with Crippen molar-refractivity contribution in [2.24, 2.45) is 0 Å². The Hall–Kier alpha value is -2.37. The SMILES string of the molecule is CCO.Cc1cccc([C@@H]2CCc3cc(CC(=O)NCCO)ccc3N2)c1. The molecule has 5 heteroatoms. The molecule has 2 aromatic carbocycles. The van der Waals surface area contributed by atoms with Gasteiger partial charge in [0.05, 0.1) is 19.1 Å². The van der Waals surface area contributed by atoms with Crippen molar-refractivity contribution in [2.75, 3.05) is 25.1 Å². The molecule has 0 fully saturated rings. The van der Waals surface area contributed by atoms with Crippen LogP contribution in [0.25, 0.3) is 0 Å². The summed E-state index contributed by atoms with van der Waals surface area (Å²) >= 11 is 0. The molecule has 1 heterocycles. The molecule has 1 amide bonds. The number of nitrogens with one attached hydrogen (secondary N) is 2. The highest BCUT2D eigenvalue weighted by Crippen LogP contribution is 2.33. The quantitative estimate of drug-likeness (QED) is 0.652. The van der Waals surface area contributed by atoms with Crippen LogP contribution >= 0.6 is 0 Å². The fourth-order valence-electron chi connectivity index (χ4n) is 3.24. The minimum absolute atomic E-state index is 0.0276. The number of carbonyl (C=O) groups excluding carboxylic acids is 1. The maximum Gasteiger partial charge on any atom is 0.224 e. The van der Waals surface area contributed by atoms with E-state index in [1.807, 2.05) is 6.07 Å². The molecule has 0 unspecified atom stereocenters. The van der Waals surface area contributed by atoms with E-state index in [0.717, 1.165) is 24.1 Å². The lowest BCUT2D eigenvalue weighted by atomic mass is 9.91. The number of aliphatic hydroxyl groups excluding tert-OH is 2. The number of amides is 1. The number of aliphatic hydroxyl groups is 2. The fraction of sp³-hybridized carbons (Fsp3) is 0.409. The van der Waals surface area contributed by atoms with Gasteiger partial charge in [-0.1, -0.05) is 42.0 Å². The normalized spacial score (nSPS) is 15.0. The average Bonchev–Trinajstić information content (AvgIpc) is 2.66. The van der Waals surface area contributed by atoms with Crippen molar-refractivity contribution in [3.05, 3.63) is 64.7 Å². The monoisotopic (exact) mass is 370 g/mol. The minimum Gasteiger partial charge on any atom is -0.397 e. The van der Waals surface area contributed by atoms with E-state index in [1.54, 1.807) is 6.92 Å². The molecule has 0 saturated heterocycles. The number of carbonyl (C=O) groups is 1. The highest BCUT2D eigenvalue weighted by Gasteiger charge is 2.19. The van der Waals surface area contributed by atoms with Crippen molar-refractivity contribution in [3.63, 3.8) is 0 Å². The molecule has 27 heavy (non-hydrogen) atoms. The molecule has 0 aliphatic carbocycles. The first-order valence-electron chi connectivity index (χ1n) is 9.50. The van der Waals surface area contributed by atoms with Gasteiger partial charge >= 0.3 is 0 Å². The largest absolute Gasteiger partial charge is 0.397 e. The zero-order valence-electron chi connectivity index (χ0n) is 16.2. The number of aryl methyl sites for hydroxylation is 2. The lowest BCUT2D eigenvalue weighted by Gasteiger charge is -2.28. The van der Waals surface area contributed by atoms with Crippen LogP contribution in [-0.2, 0) is 17.6 Å². The van der Waals surface area contributed by atoms with Gasteiger partial charge in [-0.05, 0) is 49.4 Å². The lowest BCUT2D eigenvalue weighted by molar-refractivity contribution is -0.120. The van der Waals surface area contributed by atoms with Crippen molar-refractivity contribution in [3.8, 4) is 0 Å². The zero-order chi connectivity index (χ0) is 19.6.